The Bertz CT molecular complexity index is 815. The Morgan fingerprint density at radius 2 is 1.84 bits per heavy atom. The minimum Gasteiger partial charge on any atom is -0.466 e. The number of esters is 1. The summed E-state index contributed by atoms with van der Waals surface area (Å²) in [5.41, 5.74) is 2.92. The molecule has 0 unspecified atom stereocenters. The molecule has 2 aromatic carbocycles. The molecular weight excluding hydrogens is 316 g/mol. The van der Waals surface area contributed by atoms with Gasteiger partial charge in [-0.25, -0.2) is 4.79 Å². The Kier molecular flexibility index (Phi) is 4.84. The van der Waals surface area contributed by atoms with E-state index < -0.39 is 5.97 Å². The third kappa shape index (κ3) is 3.55. The number of carbonyl (C=O) groups is 2. The van der Waals surface area contributed by atoms with E-state index >= 15 is 0 Å². The smallest absolute Gasteiger partial charge is 0.332 e. The number of ether oxygens (including phenoxy) is 1. The van der Waals surface area contributed by atoms with Crippen molar-refractivity contribution in [3.8, 4) is 0 Å². The summed E-state index contributed by atoms with van der Waals surface area (Å²) in [7, 11) is 1.33. The van der Waals surface area contributed by atoms with Crippen LogP contribution in [0.15, 0.2) is 66.4 Å². The van der Waals surface area contributed by atoms with E-state index in [1.54, 1.807) is 11.0 Å². The van der Waals surface area contributed by atoms with Gasteiger partial charge in [-0.3, -0.25) is 4.79 Å². The number of methoxy groups -OCH3 is 1. The molecule has 0 saturated heterocycles. The van der Waals surface area contributed by atoms with Gasteiger partial charge in [0.2, 0.25) is 0 Å². The highest BCUT2D eigenvalue weighted by Gasteiger charge is 2.30. The Labute approximate surface area is 146 Å². The van der Waals surface area contributed by atoms with E-state index in [1.165, 1.54) is 13.2 Å². The van der Waals surface area contributed by atoms with Crippen LogP contribution in [-0.4, -0.2) is 29.9 Å². The van der Waals surface area contributed by atoms with Crippen molar-refractivity contribution >= 4 is 17.6 Å². The maximum atomic E-state index is 13.1. The normalized spacial score (nSPS) is 18.3. The molecule has 128 valence electrons. The van der Waals surface area contributed by atoms with Crippen LogP contribution in [0.2, 0.25) is 0 Å². The van der Waals surface area contributed by atoms with E-state index in [0.717, 1.165) is 5.56 Å². The first-order chi connectivity index (χ1) is 12.1. The van der Waals surface area contributed by atoms with Crippen molar-refractivity contribution in [3.63, 3.8) is 0 Å². The summed E-state index contributed by atoms with van der Waals surface area (Å²) in [4.78, 5) is 26.6. The number of hydrogen-bond donors (Lipinski definition) is 1. The van der Waals surface area contributed by atoms with Gasteiger partial charge in [-0.1, -0.05) is 42.5 Å². The molecule has 0 radical (unpaired) electrons. The minimum atomic E-state index is -0.458. The summed E-state index contributed by atoms with van der Waals surface area (Å²) in [5, 5.41) is 3.22. The molecule has 0 fully saturated rings. The number of rotatable bonds is 3. The molecule has 1 aliphatic heterocycles. The lowest BCUT2D eigenvalue weighted by Crippen LogP contribution is -2.38. The van der Waals surface area contributed by atoms with Gasteiger partial charge >= 0.3 is 5.97 Å². The van der Waals surface area contributed by atoms with Crippen molar-refractivity contribution < 1.29 is 14.3 Å². The first-order valence-electron chi connectivity index (χ1n) is 8.10. The zero-order valence-corrected chi connectivity index (χ0v) is 14.2. The quantitative estimate of drug-likeness (QED) is 0.691. The Hall–Kier alpha value is -3.08. The van der Waals surface area contributed by atoms with Gasteiger partial charge in [0.15, 0.2) is 0 Å². The van der Waals surface area contributed by atoms with Crippen molar-refractivity contribution in [3.05, 3.63) is 77.5 Å². The molecule has 0 aromatic heterocycles. The molecule has 0 saturated carbocycles. The SMILES string of the molecule is COC(=O)/C=C1\Nc2ccccc2C(=O)N(Cc2ccccc2)[C@H]1C. The third-order valence-corrected chi connectivity index (χ3v) is 4.29. The number of fused-ring (bicyclic) bond motifs is 1. The van der Waals surface area contributed by atoms with Crippen LogP contribution >= 0.6 is 0 Å². The molecule has 1 aliphatic rings. The summed E-state index contributed by atoms with van der Waals surface area (Å²) >= 11 is 0. The first kappa shape index (κ1) is 16.8. The van der Waals surface area contributed by atoms with E-state index in [4.69, 9.17) is 4.74 Å². The van der Waals surface area contributed by atoms with E-state index in [9.17, 15) is 9.59 Å². The minimum absolute atomic E-state index is 0.0762. The number of carbonyl (C=O) groups excluding carboxylic acids is 2. The molecule has 3 rings (SSSR count). The molecule has 5 heteroatoms. The standard InChI is InChI=1S/C20H20N2O3/c1-14-18(12-19(23)25-2)21-17-11-7-6-10-16(17)20(24)22(14)13-15-8-4-3-5-9-15/h3-12,14,21H,13H2,1-2H3/b18-12-/t14-/m0/s1. The number of nitrogens with one attached hydrogen (secondary N) is 1. The number of nitrogens with zero attached hydrogens (tertiary/aromatic N) is 1. The largest absolute Gasteiger partial charge is 0.466 e. The summed E-state index contributed by atoms with van der Waals surface area (Å²) < 4.78 is 4.75. The van der Waals surface area contributed by atoms with Crippen LogP contribution in [0.1, 0.15) is 22.8 Å². The molecule has 0 aliphatic carbocycles. The molecular formula is C20H20N2O3. The highest BCUT2D eigenvalue weighted by atomic mass is 16.5. The molecule has 5 nitrogen and oxygen atoms in total. The second-order valence-corrected chi connectivity index (χ2v) is 5.89. The fourth-order valence-corrected chi connectivity index (χ4v) is 2.87. The predicted octanol–water partition coefficient (Wildman–Crippen LogP) is 3.20. The fraction of sp³-hybridized carbons (Fsp3) is 0.200. The maximum absolute atomic E-state index is 13.1. The van der Waals surface area contributed by atoms with Crippen molar-refractivity contribution in [2.24, 2.45) is 0 Å². The average molecular weight is 336 g/mol. The van der Waals surface area contributed by atoms with Crippen molar-refractivity contribution in [2.75, 3.05) is 12.4 Å². The van der Waals surface area contributed by atoms with Crippen LogP contribution in [0.25, 0.3) is 0 Å². The number of anilines is 1. The van der Waals surface area contributed by atoms with Gasteiger partial charge in [0.05, 0.1) is 24.4 Å². The lowest BCUT2D eigenvalue weighted by molar-refractivity contribution is -0.134. The van der Waals surface area contributed by atoms with Crippen LogP contribution in [0.4, 0.5) is 5.69 Å². The van der Waals surface area contributed by atoms with Crippen LogP contribution in [0.3, 0.4) is 0 Å². The Balaban J connectivity index is 2.04. The number of para-hydroxylation sites is 1. The van der Waals surface area contributed by atoms with Gasteiger partial charge in [-0.2, -0.15) is 0 Å². The van der Waals surface area contributed by atoms with E-state index in [2.05, 4.69) is 5.32 Å². The maximum Gasteiger partial charge on any atom is 0.332 e. The average Bonchev–Trinajstić information content (AvgIpc) is 2.73. The number of amides is 1. The van der Waals surface area contributed by atoms with Crippen molar-refractivity contribution in [1.82, 2.24) is 4.90 Å². The van der Waals surface area contributed by atoms with Crippen LogP contribution in [0, 0.1) is 0 Å². The molecule has 25 heavy (non-hydrogen) atoms. The highest BCUT2D eigenvalue weighted by Crippen LogP contribution is 2.28. The van der Waals surface area contributed by atoms with Crippen molar-refractivity contribution in [1.29, 1.82) is 0 Å². The number of benzene rings is 2. The lowest BCUT2D eigenvalue weighted by Gasteiger charge is -2.28. The summed E-state index contributed by atoms with van der Waals surface area (Å²) in [6.45, 7) is 2.35. The van der Waals surface area contributed by atoms with Gasteiger partial charge in [-0.05, 0) is 24.6 Å². The fourth-order valence-electron chi connectivity index (χ4n) is 2.87. The summed E-state index contributed by atoms with van der Waals surface area (Å²) in [5.74, 6) is -0.534. The second-order valence-electron chi connectivity index (χ2n) is 5.89. The summed E-state index contributed by atoms with van der Waals surface area (Å²) in [6, 6.07) is 16.8. The second kappa shape index (κ2) is 7.21. The van der Waals surface area contributed by atoms with E-state index in [-0.39, 0.29) is 11.9 Å². The zero-order valence-electron chi connectivity index (χ0n) is 14.2. The van der Waals surface area contributed by atoms with E-state index in [0.29, 0.717) is 23.5 Å². The van der Waals surface area contributed by atoms with Crippen LogP contribution in [-0.2, 0) is 16.1 Å². The monoisotopic (exact) mass is 336 g/mol. The van der Waals surface area contributed by atoms with Gasteiger partial charge in [-0.15, -0.1) is 0 Å². The van der Waals surface area contributed by atoms with Gasteiger partial charge in [0.25, 0.3) is 5.91 Å². The Morgan fingerprint density at radius 3 is 2.56 bits per heavy atom. The van der Waals surface area contributed by atoms with Crippen molar-refractivity contribution in [2.45, 2.75) is 19.5 Å². The Morgan fingerprint density at radius 1 is 1.16 bits per heavy atom. The topological polar surface area (TPSA) is 58.6 Å². The summed E-state index contributed by atoms with van der Waals surface area (Å²) in [6.07, 6.45) is 1.40. The zero-order chi connectivity index (χ0) is 17.8. The highest BCUT2D eigenvalue weighted by molar-refractivity contribution is 6.01. The van der Waals surface area contributed by atoms with E-state index in [1.807, 2.05) is 55.5 Å². The molecule has 0 spiro atoms. The van der Waals surface area contributed by atoms with Gasteiger partial charge in [0.1, 0.15) is 0 Å². The van der Waals surface area contributed by atoms with Crippen LogP contribution in [0.5, 0.6) is 0 Å². The van der Waals surface area contributed by atoms with Gasteiger partial charge in [0, 0.05) is 18.3 Å². The lowest BCUT2D eigenvalue weighted by atomic mass is 10.1. The molecule has 1 heterocycles. The molecule has 1 N–H and O–H groups in total. The third-order valence-electron chi connectivity index (χ3n) is 4.29. The van der Waals surface area contributed by atoms with Crippen LogP contribution < -0.4 is 5.32 Å². The molecule has 0 bridgehead atoms. The van der Waals surface area contributed by atoms with Gasteiger partial charge < -0.3 is 15.0 Å². The molecule has 1 atom stereocenters. The number of hydrogen-bond acceptors (Lipinski definition) is 4. The molecule has 2 aromatic rings. The first-order valence-corrected chi connectivity index (χ1v) is 8.10. The predicted molar refractivity (Wildman–Crippen MR) is 95.9 cm³/mol. The molecule has 1 amide bonds.